The van der Waals surface area contributed by atoms with Crippen LogP contribution in [0.5, 0.6) is 0 Å². The summed E-state index contributed by atoms with van der Waals surface area (Å²) in [6, 6.07) is 7.46. The van der Waals surface area contributed by atoms with E-state index in [0.29, 0.717) is 0 Å². The molecule has 2 aromatic rings. The molecule has 37 heavy (non-hydrogen) atoms. The van der Waals surface area contributed by atoms with Gasteiger partial charge in [0.2, 0.25) is 5.91 Å². The van der Waals surface area contributed by atoms with Crippen LogP contribution in [0, 0.1) is 5.82 Å². The molecule has 0 spiro atoms. The van der Waals surface area contributed by atoms with Crippen molar-refractivity contribution in [3.63, 3.8) is 0 Å². The van der Waals surface area contributed by atoms with E-state index in [2.05, 4.69) is 5.16 Å². The molecule has 1 amide bonds. The molecule has 0 bridgehead atoms. The predicted molar refractivity (Wildman–Crippen MR) is 126 cm³/mol. The Morgan fingerprint density at radius 1 is 1.16 bits per heavy atom. The normalized spacial score (nSPS) is 21.3. The maximum Gasteiger partial charge on any atom is 0.435 e. The summed E-state index contributed by atoms with van der Waals surface area (Å²) in [5.41, 5.74) is -4.78. The van der Waals surface area contributed by atoms with Crippen molar-refractivity contribution in [1.29, 1.82) is 0 Å². The minimum absolute atomic E-state index is 0.00494. The number of oxime groups is 1. The van der Waals surface area contributed by atoms with Crippen LogP contribution in [0.2, 0.25) is 5.02 Å². The molecule has 0 aliphatic carbocycles. The van der Waals surface area contributed by atoms with E-state index < -0.39 is 56.2 Å². The SMILES string of the molecule is CCc1cc([C@]2(C(F)(F)F)CC(c3ccc(C4(F)CN(C(=O)CS(C)(=O)=O)C4)cc3)=NO2)cc(Cl)c1F. The van der Waals surface area contributed by atoms with Gasteiger partial charge in [-0.05, 0) is 35.2 Å². The number of rotatable bonds is 6. The third-order valence-corrected chi connectivity index (χ3v) is 7.54. The molecule has 1 fully saturated rings. The minimum Gasteiger partial charge on any atom is -0.374 e. The molecule has 200 valence electrons. The molecule has 13 heteroatoms. The highest BCUT2D eigenvalue weighted by molar-refractivity contribution is 7.91. The number of aryl methyl sites for hydroxylation is 1. The third kappa shape index (κ3) is 5.05. The van der Waals surface area contributed by atoms with Crippen LogP contribution < -0.4 is 0 Å². The lowest BCUT2D eigenvalue weighted by molar-refractivity contribution is -0.275. The molecular weight excluding hydrogens is 543 g/mol. The maximum atomic E-state index is 15.2. The number of amides is 1. The van der Waals surface area contributed by atoms with Crippen molar-refractivity contribution in [2.45, 2.75) is 37.2 Å². The van der Waals surface area contributed by atoms with Gasteiger partial charge in [-0.3, -0.25) is 4.79 Å². The second-order valence-electron chi connectivity index (χ2n) is 9.28. The van der Waals surface area contributed by atoms with E-state index in [4.69, 9.17) is 16.4 Å². The molecule has 0 aromatic heterocycles. The second kappa shape index (κ2) is 9.23. The molecule has 1 atom stereocenters. The van der Waals surface area contributed by atoms with E-state index in [1.54, 1.807) is 6.92 Å². The Hall–Kier alpha value is -2.73. The molecule has 4 rings (SSSR count). The van der Waals surface area contributed by atoms with Gasteiger partial charge in [-0.2, -0.15) is 13.2 Å². The predicted octanol–water partition coefficient (Wildman–Crippen LogP) is 4.68. The van der Waals surface area contributed by atoms with Crippen LogP contribution in [0.25, 0.3) is 0 Å². The first-order valence-corrected chi connectivity index (χ1v) is 13.6. The smallest absolute Gasteiger partial charge is 0.374 e. The molecule has 2 aliphatic rings. The zero-order valence-corrected chi connectivity index (χ0v) is 21.3. The molecule has 0 saturated carbocycles. The average molecular weight is 565 g/mol. The number of nitrogens with zero attached hydrogens (tertiary/aromatic N) is 2. The van der Waals surface area contributed by atoms with Crippen LogP contribution >= 0.6 is 11.6 Å². The fraction of sp³-hybridized carbons (Fsp3) is 0.417. The van der Waals surface area contributed by atoms with Crippen molar-refractivity contribution >= 4 is 33.1 Å². The van der Waals surface area contributed by atoms with Gasteiger partial charge in [0.1, 0.15) is 11.6 Å². The van der Waals surface area contributed by atoms with E-state index in [-0.39, 0.29) is 47.5 Å². The fourth-order valence-corrected chi connectivity index (χ4v) is 5.26. The molecule has 2 heterocycles. The lowest BCUT2D eigenvalue weighted by Gasteiger charge is -2.44. The van der Waals surface area contributed by atoms with Gasteiger partial charge in [0, 0.05) is 18.2 Å². The number of carbonyl (C=O) groups excluding carboxylic acids is 1. The van der Waals surface area contributed by atoms with Gasteiger partial charge < -0.3 is 9.74 Å². The maximum absolute atomic E-state index is 15.2. The summed E-state index contributed by atoms with van der Waals surface area (Å²) in [5.74, 6) is -2.23. The van der Waals surface area contributed by atoms with Crippen molar-refractivity contribution in [3.8, 4) is 0 Å². The first-order valence-electron chi connectivity index (χ1n) is 11.1. The molecule has 0 unspecified atom stereocenters. The highest BCUT2D eigenvalue weighted by atomic mass is 35.5. The molecule has 6 nitrogen and oxygen atoms in total. The lowest BCUT2D eigenvalue weighted by Crippen LogP contribution is -2.59. The fourth-order valence-electron chi connectivity index (χ4n) is 4.39. The number of hydrogen-bond acceptors (Lipinski definition) is 5. The van der Waals surface area contributed by atoms with Crippen LogP contribution in [0.4, 0.5) is 22.0 Å². The highest BCUT2D eigenvalue weighted by Crippen LogP contribution is 2.50. The average Bonchev–Trinajstić information content (AvgIpc) is 3.24. The standard InChI is InChI=1S/C24H22ClF5N2O4S/c1-3-14-8-17(9-18(25)21(14)26)23(24(28,29)30)10-19(31-36-23)15-4-6-16(7-5-15)22(27)12-32(13-22)20(33)11-37(2,34)35/h4-9H,3,10-13H2,1-2H3/t23-/m0/s1. The van der Waals surface area contributed by atoms with Gasteiger partial charge in [-0.1, -0.05) is 47.9 Å². The molecule has 0 radical (unpaired) electrons. The van der Waals surface area contributed by atoms with E-state index >= 15 is 4.39 Å². The van der Waals surface area contributed by atoms with Gasteiger partial charge in [-0.15, -0.1) is 0 Å². The monoisotopic (exact) mass is 564 g/mol. The first kappa shape index (κ1) is 27.3. The summed E-state index contributed by atoms with van der Waals surface area (Å²) in [6.07, 6.45) is -4.61. The number of likely N-dealkylation sites (tertiary alicyclic amines) is 1. The van der Waals surface area contributed by atoms with Crippen molar-refractivity contribution in [1.82, 2.24) is 4.90 Å². The largest absolute Gasteiger partial charge is 0.435 e. The lowest BCUT2D eigenvalue weighted by atomic mass is 9.84. The Morgan fingerprint density at radius 2 is 1.78 bits per heavy atom. The Kier molecular flexibility index (Phi) is 6.81. The Labute approximate surface area is 214 Å². The molecule has 1 saturated heterocycles. The Bertz CT molecular complexity index is 1370. The van der Waals surface area contributed by atoms with Crippen LogP contribution in [0.1, 0.15) is 35.6 Å². The van der Waals surface area contributed by atoms with Crippen molar-refractivity contribution in [3.05, 3.63) is 69.5 Å². The number of halogens is 6. The summed E-state index contributed by atoms with van der Waals surface area (Å²) in [5, 5.41) is 3.20. The molecule has 0 N–H and O–H groups in total. The van der Waals surface area contributed by atoms with Gasteiger partial charge in [0.15, 0.2) is 15.5 Å². The quantitative estimate of drug-likeness (QED) is 0.478. The Morgan fingerprint density at radius 3 is 2.32 bits per heavy atom. The zero-order valence-electron chi connectivity index (χ0n) is 19.7. The number of alkyl halides is 4. The van der Waals surface area contributed by atoms with Gasteiger partial charge >= 0.3 is 6.18 Å². The first-order chi connectivity index (χ1) is 17.1. The Balaban J connectivity index is 1.54. The van der Waals surface area contributed by atoms with Crippen LogP contribution in [-0.4, -0.2) is 56.2 Å². The van der Waals surface area contributed by atoms with Crippen molar-refractivity contribution in [2.75, 3.05) is 25.1 Å². The van der Waals surface area contributed by atoms with Gasteiger partial charge in [-0.25, -0.2) is 17.2 Å². The van der Waals surface area contributed by atoms with E-state index in [1.165, 1.54) is 24.3 Å². The van der Waals surface area contributed by atoms with Gasteiger partial charge in [0.05, 0.1) is 23.8 Å². The molecular formula is C24H22ClF5N2O4S. The van der Waals surface area contributed by atoms with Crippen LogP contribution in [-0.2, 0) is 37.2 Å². The molecule has 2 aliphatic heterocycles. The topological polar surface area (TPSA) is 76.0 Å². The summed E-state index contributed by atoms with van der Waals surface area (Å²) in [6.45, 7) is 0.901. The summed E-state index contributed by atoms with van der Waals surface area (Å²) < 4.78 is 94.8. The number of sulfone groups is 1. The third-order valence-electron chi connectivity index (χ3n) is 6.49. The second-order valence-corrected chi connectivity index (χ2v) is 11.8. The number of carbonyl (C=O) groups is 1. The molecule has 2 aromatic carbocycles. The number of hydrogen-bond donors (Lipinski definition) is 0. The summed E-state index contributed by atoms with van der Waals surface area (Å²) in [4.78, 5) is 18.0. The highest BCUT2D eigenvalue weighted by Gasteiger charge is 2.62. The van der Waals surface area contributed by atoms with Crippen molar-refractivity contribution < 1.29 is 40.0 Å². The van der Waals surface area contributed by atoms with Crippen LogP contribution in [0.3, 0.4) is 0 Å². The van der Waals surface area contributed by atoms with Crippen molar-refractivity contribution in [2.24, 2.45) is 5.16 Å². The minimum atomic E-state index is -4.92. The zero-order chi connectivity index (χ0) is 27.4. The van der Waals surface area contributed by atoms with E-state index in [1.807, 2.05) is 0 Å². The number of benzene rings is 2. The van der Waals surface area contributed by atoms with E-state index in [9.17, 15) is 30.8 Å². The van der Waals surface area contributed by atoms with Crippen LogP contribution in [0.15, 0.2) is 41.6 Å². The summed E-state index contributed by atoms with van der Waals surface area (Å²) in [7, 11) is -3.56. The van der Waals surface area contributed by atoms with E-state index in [0.717, 1.165) is 23.3 Å². The summed E-state index contributed by atoms with van der Waals surface area (Å²) >= 11 is 5.86. The van der Waals surface area contributed by atoms with Gasteiger partial charge in [0.25, 0.3) is 5.60 Å².